The highest BCUT2D eigenvalue weighted by Gasteiger charge is 2.50. The number of amides is 2. The lowest BCUT2D eigenvalue weighted by Crippen LogP contribution is -2.38. The summed E-state index contributed by atoms with van der Waals surface area (Å²) in [6.45, 7) is 5.65. The quantitative estimate of drug-likeness (QED) is 0.825. The summed E-state index contributed by atoms with van der Waals surface area (Å²) in [6.07, 6.45) is 8.39. The molecule has 134 valence electrons. The first-order chi connectivity index (χ1) is 11.6. The van der Waals surface area contributed by atoms with Gasteiger partial charge in [0.05, 0.1) is 6.54 Å². The summed E-state index contributed by atoms with van der Waals surface area (Å²) in [5, 5.41) is 7.08. The zero-order valence-electron chi connectivity index (χ0n) is 15.2. The van der Waals surface area contributed by atoms with Gasteiger partial charge in [-0.2, -0.15) is 4.98 Å². The Morgan fingerprint density at radius 3 is 2.67 bits per heavy atom. The molecule has 0 aliphatic heterocycles. The van der Waals surface area contributed by atoms with Gasteiger partial charge in [0.1, 0.15) is 0 Å². The van der Waals surface area contributed by atoms with Crippen LogP contribution in [0.15, 0.2) is 4.52 Å². The minimum atomic E-state index is -0.0600. The number of rotatable bonds is 7. The van der Waals surface area contributed by atoms with Crippen molar-refractivity contribution in [2.75, 3.05) is 13.6 Å². The molecule has 0 spiro atoms. The molecule has 0 aromatic carbocycles. The molecule has 1 heterocycles. The third kappa shape index (κ3) is 3.57. The molecule has 0 radical (unpaired) electrons. The van der Waals surface area contributed by atoms with Gasteiger partial charge in [0.2, 0.25) is 5.89 Å². The number of hydrogen-bond donors (Lipinski definition) is 1. The first-order valence-electron chi connectivity index (χ1n) is 9.39. The molecule has 0 saturated heterocycles. The van der Waals surface area contributed by atoms with E-state index in [1.54, 1.807) is 11.9 Å². The lowest BCUT2D eigenvalue weighted by atomic mass is 9.97. The van der Waals surface area contributed by atoms with Gasteiger partial charge in [0, 0.05) is 19.5 Å². The van der Waals surface area contributed by atoms with Gasteiger partial charge in [-0.3, -0.25) is 0 Å². The Labute approximate surface area is 144 Å². The average Bonchev–Trinajstić information content (AvgIpc) is 2.97. The third-order valence-electron chi connectivity index (χ3n) is 6.18. The molecule has 24 heavy (non-hydrogen) atoms. The van der Waals surface area contributed by atoms with Crippen molar-refractivity contribution in [1.82, 2.24) is 20.4 Å². The van der Waals surface area contributed by atoms with Gasteiger partial charge >= 0.3 is 6.03 Å². The van der Waals surface area contributed by atoms with Crippen LogP contribution in [-0.2, 0) is 6.54 Å². The van der Waals surface area contributed by atoms with Crippen LogP contribution in [0.4, 0.5) is 4.79 Å². The molecule has 3 rings (SSSR count). The summed E-state index contributed by atoms with van der Waals surface area (Å²) < 4.78 is 5.37. The number of aromatic nitrogens is 2. The molecule has 6 heteroatoms. The minimum Gasteiger partial charge on any atom is -0.339 e. The fourth-order valence-electron chi connectivity index (χ4n) is 4.14. The molecule has 1 aromatic rings. The molecule has 1 atom stereocenters. The average molecular weight is 334 g/mol. The predicted molar refractivity (Wildman–Crippen MR) is 91.5 cm³/mol. The van der Waals surface area contributed by atoms with Gasteiger partial charge in [0.15, 0.2) is 5.82 Å². The smallest absolute Gasteiger partial charge is 0.317 e. The largest absolute Gasteiger partial charge is 0.339 e. The predicted octanol–water partition coefficient (Wildman–Crippen LogP) is 3.69. The summed E-state index contributed by atoms with van der Waals surface area (Å²) >= 11 is 0. The summed E-state index contributed by atoms with van der Waals surface area (Å²) in [7, 11) is 1.78. The topological polar surface area (TPSA) is 71.3 Å². The molecule has 2 aliphatic rings. The lowest BCUT2D eigenvalue weighted by Gasteiger charge is -2.17. The van der Waals surface area contributed by atoms with Crippen LogP contribution >= 0.6 is 0 Å². The van der Waals surface area contributed by atoms with E-state index >= 15 is 0 Å². The van der Waals surface area contributed by atoms with E-state index in [1.165, 1.54) is 32.1 Å². The van der Waals surface area contributed by atoms with Gasteiger partial charge < -0.3 is 14.7 Å². The van der Waals surface area contributed by atoms with Crippen LogP contribution < -0.4 is 5.32 Å². The van der Waals surface area contributed by atoms with E-state index in [2.05, 4.69) is 29.3 Å². The number of carbonyl (C=O) groups excluding carboxylic acids is 1. The SMILES string of the molecule is CCC1(CC)C[C@H]1CNC(=O)N(C)Cc1noc(C2CCCC2)n1. The van der Waals surface area contributed by atoms with Crippen LogP contribution in [0.25, 0.3) is 0 Å². The Hall–Kier alpha value is -1.59. The van der Waals surface area contributed by atoms with Gasteiger partial charge in [0.25, 0.3) is 0 Å². The second kappa shape index (κ2) is 7.11. The first kappa shape index (κ1) is 17.2. The maximum Gasteiger partial charge on any atom is 0.317 e. The second-order valence-corrected chi connectivity index (χ2v) is 7.54. The standard InChI is InChI=1S/C18H30N4O2/c1-4-18(5-2)10-14(18)11-19-17(23)22(3)12-15-20-16(24-21-15)13-8-6-7-9-13/h13-14H,4-12H2,1-3H3,(H,19,23)/t14-/m0/s1. The van der Waals surface area contributed by atoms with Crippen molar-refractivity contribution >= 4 is 6.03 Å². The first-order valence-corrected chi connectivity index (χ1v) is 9.39. The van der Waals surface area contributed by atoms with Crippen LogP contribution in [0.3, 0.4) is 0 Å². The summed E-state index contributed by atoms with van der Waals surface area (Å²) in [6, 6.07) is -0.0600. The second-order valence-electron chi connectivity index (χ2n) is 7.54. The van der Waals surface area contributed by atoms with Gasteiger partial charge in [-0.25, -0.2) is 4.79 Å². The zero-order valence-corrected chi connectivity index (χ0v) is 15.2. The molecular formula is C18H30N4O2. The molecule has 6 nitrogen and oxygen atoms in total. The minimum absolute atomic E-state index is 0.0600. The van der Waals surface area contributed by atoms with Gasteiger partial charge in [-0.15, -0.1) is 0 Å². The molecule has 0 bridgehead atoms. The summed E-state index contributed by atoms with van der Waals surface area (Å²) in [5.74, 6) is 2.38. The fraction of sp³-hybridized carbons (Fsp3) is 0.833. The molecule has 0 unspecified atom stereocenters. The number of nitrogens with one attached hydrogen (secondary N) is 1. The normalized spacial score (nSPS) is 22.5. The Kier molecular flexibility index (Phi) is 5.11. The Morgan fingerprint density at radius 1 is 1.33 bits per heavy atom. The van der Waals surface area contributed by atoms with Crippen LogP contribution in [0.5, 0.6) is 0 Å². The highest BCUT2D eigenvalue weighted by Crippen LogP contribution is 2.57. The van der Waals surface area contributed by atoms with Crippen molar-refractivity contribution in [2.45, 2.75) is 71.3 Å². The summed E-state index contributed by atoms with van der Waals surface area (Å²) in [5.41, 5.74) is 0.468. The molecule has 1 aromatic heterocycles. The number of carbonyl (C=O) groups is 1. The fourth-order valence-corrected chi connectivity index (χ4v) is 4.14. The van der Waals surface area contributed by atoms with E-state index in [4.69, 9.17) is 4.52 Å². The molecule has 1 N–H and O–H groups in total. The Morgan fingerprint density at radius 2 is 2.04 bits per heavy atom. The maximum absolute atomic E-state index is 12.3. The third-order valence-corrected chi connectivity index (χ3v) is 6.18. The zero-order chi connectivity index (χ0) is 17.2. The molecular weight excluding hydrogens is 304 g/mol. The highest BCUT2D eigenvalue weighted by molar-refractivity contribution is 5.73. The van der Waals surface area contributed by atoms with Gasteiger partial charge in [-0.05, 0) is 30.6 Å². The van der Waals surface area contributed by atoms with Crippen molar-refractivity contribution in [2.24, 2.45) is 11.3 Å². The van der Waals surface area contributed by atoms with E-state index < -0.39 is 0 Å². The lowest BCUT2D eigenvalue weighted by molar-refractivity contribution is 0.204. The number of urea groups is 1. The van der Waals surface area contributed by atoms with E-state index in [0.29, 0.717) is 29.6 Å². The maximum atomic E-state index is 12.3. The Balaban J connectivity index is 1.44. The van der Waals surface area contributed by atoms with Crippen molar-refractivity contribution in [3.05, 3.63) is 11.7 Å². The van der Waals surface area contributed by atoms with E-state index in [1.807, 2.05) is 0 Å². The van der Waals surface area contributed by atoms with E-state index in [0.717, 1.165) is 25.3 Å². The van der Waals surface area contributed by atoms with Crippen molar-refractivity contribution < 1.29 is 9.32 Å². The van der Waals surface area contributed by atoms with Gasteiger partial charge in [-0.1, -0.05) is 44.7 Å². The number of hydrogen-bond acceptors (Lipinski definition) is 4. The molecule has 2 saturated carbocycles. The highest BCUT2D eigenvalue weighted by atomic mass is 16.5. The van der Waals surface area contributed by atoms with E-state index in [-0.39, 0.29) is 6.03 Å². The van der Waals surface area contributed by atoms with Crippen LogP contribution in [0, 0.1) is 11.3 Å². The number of nitrogens with zero attached hydrogens (tertiary/aromatic N) is 3. The molecule has 2 fully saturated rings. The van der Waals surface area contributed by atoms with Crippen LogP contribution in [-0.4, -0.2) is 34.7 Å². The molecule has 2 aliphatic carbocycles. The Bertz CT molecular complexity index is 561. The van der Waals surface area contributed by atoms with E-state index in [9.17, 15) is 4.79 Å². The monoisotopic (exact) mass is 334 g/mol. The van der Waals surface area contributed by atoms with Crippen molar-refractivity contribution in [3.8, 4) is 0 Å². The summed E-state index contributed by atoms with van der Waals surface area (Å²) in [4.78, 5) is 18.4. The van der Waals surface area contributed by atoms with Crippen molar-refractivity contribution in [3.63, 3.8) is 0 Å². The van der Waals surface area contributed by atoms with Crippen LogP contribution in [0.2, 0.25) is 0 Å². The van der Waals surface area contributed by atoms with Crippen molar-refractivity contribution in [1.29, 1.82) is 0 Å². The molecule has 2 amide bonds. The van der Waals surface area contributed by atoms with Crippen LogP contribution in [0.1, 0.15) is 76.4 Å².